The molecule has 20 heavy (non-hydrogen) atoms. The first-order valence-corrected chi connectivity index (χ1v) is 8.33. The lowest BCUT2D eigenvalue weighted by molar-refractivity contribution is -0.137. The van der Waals surface area contributed by atoms with Crippen LogP contribution in [0.4, 0.5) is 0 Å². The number of hydrogen-bond donors (Lipinski definition) is 2. The van der Waals surface area contributed by atoms with E-state index in [4.69, 9.17) is 4.74 Å². The highest BCUT2D eigenvalue weighted by Gasteiger charge is 2.26. The summed E-state index contributed by atoms with van der Waals surface area (Å²) < 4.78 is 5.98. The Kier molecular flexibility index (Phi) is 6.30. The minimum Gasteiger partial charge on any atom is -0.365 e. The maximum Gasteiger partial charge on any atom is 0.249 e. The van der Waals surface area contributed by atoms with Gasteiger partial charge in [0.15, 0.2) is 0 Å². The molecule has 1 saturated heterocycles. The van der Waals surface area contributed by atoms with Gasteiger partial charge < -0.3 is 15.4 Å². The maximum atomic E-state index is 12.3. The van der Waals surface area contributed by atoms with Gasteiger partial charge in [-0.1, -0.05) is 32.6 Å². The van der Waals surface area contributed by atoms with Crippen LogP contribution in [0.5, 0.6) is 0 Å². The van der Waals surface area contributed by atoms with E-state index in [0.29, 0.717) is 5.92 Å². The monoisotopic (exact) mass is 282 g/mol. The molecule has 1 aliphatic heterocycles. The fourth-order valence-electron chi connectivity index (χ4n) is 3.21. The molecule has 1 saturated carbocycles. The molecule has 2 aliphatic rings. The molecule has 0 bridgehead atoms. The molecule has 116 valence electrons. The number of carbonyl (C=O) groups is 1. The predicted octanol–water partition coefficient (Wildman–Crippen LogP) is 2.23. The van der Waals surface area contributed by atoms with Gasteiger partial charge in [0.25, 0.3) is 0 Å². The van der Waals surface area contributed by atoms with Crippen molar-refractivity contribution in [3.05, 3.63) is 0 Å². The molecule has 1 heterocycles. The number of rotatable bonds is 4. The third-order valence-electron chi connectivity index (χ3n) is 4.72. The molecule has 0 spiro atoms. The van der Waals surface area contributed by atoms with E-state index < -0.39 is 0 Å². The van der Waals surface area contributed by atoms with Gasteiger partial charge in [-0.25, -0.2) is 0 Å². The standard InChI is InChI=1S/C16H30N2O2/c1-12-9-10-17-11-15(12)18-16(19)13(2)20-14-7-5-3-4-6-8-14/h12-15,17H,3-11H2,1-2H3,(H,18,19). The molecule has 4 nitrogen and oxygen atoms in total. The van der Waals surface area contributed by atoms with Gasteiger partial charge in [0, 0.05) is 12.6 Å². The van der Waals surface area contributed by atoms with E-state index in [0.717, 1.165) is 32.4 Å². The Morgan fingerprint density at radius 3 is 2.55 bits per heavy atom. The summed E-state index contributed by atoms with van der Waals surface area (Å²) in [6.45, 7) is 6.04. The number of piperidine rings is 1. The van der Waals surface area contributed by atoms with E-state index in [-0.39, 0.29) is 24.2 Å². The van der Waals surface area contributed by atoms with Crippen molar-refractivity contribution in [2.75, 3.05) is 13.1 Å². The number of nitrogens with one attached hydrogen (secondary N) is 2. The topological polar surface area (TPSA) is 50.4 Å². The molecule has 1 amide bonds. The smallest absolute Gasteiger partial charge is 0.249 e. The van der Waals surface area contributed by atoms with Crippen molar-refractivity contribution in [3.8, 4) is 0 Å². The third kappa shape index (κ3) is 4.74. The van der Waals surface area contributed by atoms with E-state index in [9.17, 15) is 4.79 Å². The second-order valence-corrected chi connectivity index (χ2v) is 6.48. The van der Waals surface area contributed by atoms with Crippen molar-refractivity contribution in [1.82, 2.24) is 10.6 Å². The molecular formula is C16H30N2O2. The second-order valence-electron chi connectivity index (χ2n) is 6.48. The summed E-state index contributed by atoms with van der Waals surface area (Å²) in [4.78, 5) is 12.3. The molecule has 2 rings (SSSR count). The van der Waals surface area contributed by atoms with Gasteiger partial charge in [-0.15, -0.1) is 0 Å². The first kappa shape index (κ1) is 15.8. The van der Waals surface area contributed by atoms with Crippen LogP contribution in [-0.2, 0) is 9.53 Å². The summed E-state index contributed by atoms with van der Waals surface area (Å²) in [6.07, 6.45) is 8.40. The Morgan fingerprint density at radius 2 is 1.90 bits per heavy atom. The lowest BCUT2D eigenvalue weighted by atomic mass is 9.94. The quantitative estimate of drug-likeness (QED) is 0.777. The van der Waals surface area contributed by atoms with Gasteiger partial charge in [-0.2, -0.15) is 0 Å². The SMILES string of the molecule is CC(OC1CCCCCC1)C(=O)NC1CNCCC1C. The Morgan fingerprint density at radius 1 is 1.20 bits per heavy atom. The molecule has 0 aromatic carbocycles. The molecular weight excluding hydrogens is 252 g/mol. The van der Waals surface area contributed by atoms with Crippen LogP contribution in [0.2, 0.25) is 0 Å². The minimum absolute atomic E-state index is 0.0507. The largest absolute Gasteiger partial charge is 0.365 e. The average molecular weight is 282 g/mol. The van der Waals surface area contributed by atoms with Gasteiger partial charge in [0.05, 0.1) is 6.10 Å². The zero-order valence-corrected chi connectivity index (χ0v) is 13.0. The molecule has 2 N–H and O–H groups in total. The number of carbonyl (C=O) groups excluding carboxylic acids is 1. The van der Waals surface area contributed by atoms with Crippen molar-refractivity contribution >= 4 is 5.91 Å². The van der Waals surface area contributed by atoms with Crippen molar-refractivity contribution in [3.63, 3.8) is 0 Å². The van der Waals surface area contributed by atoms with E-state index in [1.807, 2.05) is 6.92 Å². The number of amides is 1. The summed E-state index contributed by atoms with van der Waals surface area (Å²) >= 11 is 0. The number of hydrogen-bond acceptors (Lipinski definition) is 3. The van der Waals surface area contributed by atoms with E-state index in [2.05, 4.69) is 17.6 Å². The van der Waals surface area contributed by atoms with Gasteiger partial charge in [-0.3, -0.25) is 4.79 Å². The lowest BCUT2D eigenvalue weighted by Crippen LogP contribution is -2.52. The number of ether oxygens (including phenoxy) is 1. The summed E-state index contributed by atoms with van der Waals surface area (Å²) in [5, 5.41) is 6.49. The average Bonchev–Trinajstić information content (AvgIpc) is 2.70. The normalized spacial score (nSPS) is 30.5. The van der Waals surface area contributed by atoms with Gasteiger partial charge >= 0.3 is 0 Å². The molecule has 4 heteroatoms. The van der Waals surface area contributed by atoms with Crippen LogP contribution in [0, 0.1) is 5.92 Å². The zero-order valence-electron chi connectivity index (χ0n) is 13.0. The van der Waals surface area contributed by atoms with E-state index in [1.165, 1.54) is 25.7 Å². The summed E-state index contributed by atoms with van der Waals surface area (Å²) in [7, 11) is 0. The molecule has 2 fully saturated rings. The van der Waals surface area contributed by atoms with Crippen LogP contribution < -0.4 is 10.6 Å². The van der Waals surface area contributed by atoms with Gasteiger partial charge in [-0.05, 0) is 38.6 Å². The highest BCUT2D eigenvalue weighted by Crippen LogP contribution is 2.21. The van der Waals surface area contributed by atoms with Crippen LogP contribution in [0.1, 0.15) is 58.8 Å². The van der Waals surface area contributed by atoms with Crippen molar-refractivity contribution in [2.45, 2.75) is 77.0 Å². The summed E-state index contributed by atoms with van der Waals surface area (Å²) in [5.41, 5.74) is 0. The van der Waals surface area contributed by atoms with Crippen LogP contribution in [0.25, 0.3) is 0 Å². The molecule has 0 radical (unpaired) electrons. The maximum absolute atomic E-state index is 12.3. The molecule has 0 aromatic heterocycles. The molecule has 3 atom stereocenters. The zero-order chi connectivity index (χ0) is 14.4. The van der Waals surface area contributed by atoms with Crippen molar-refractivity contribution in [2.24, 2.45) is 5.92 Å². The minimum atomic E-state index is -0.327. The fourth-order valence-corrected chi connectivity index (χ4v) is 3.21. The van der Waals surface area contributed by atoms with E-state index in [1.54, 1.807) is 0 Å². The van der Waals surface area contributed by atoms with E-state index >= 15 is 0 Å². The third-order valence-corrected chi connectivity index (χ3v) is 4.72. The van der Waals surface area contributed by atoms with Gasteiger partial charge in [0.2, 0.25) is 5.91 Å². The summed E-state index contributed by atoms with van der Waals surface area (Å²) in [6, 6.07) is 0.247. The van der Waals surface area contributed by atoms with Crippen molar-refractivity contribution < 1.29 is 9.53 Å². The van der Waals surface area contributed by atoms with Crippen LogP contribution in [0.15, 0.2) is 0 Å². The molecule has 1 aliphatic carbocycles. The van der Waals surface area contributed by atoms with Crippen LogP contribution >= 0.6 is 0 Å². The Bertz CT molecular complexity index is 301. The Hall–Kier alpha value is -0.610. The first-order chi connectivity index (χ1) is 9.66. The van der Waals surface area contributed by atoms with Crippen LogP contribution in [0.3, 0.4) is 0 Å². The molecule has 0 aromatic rings. The molecule has 3 unspecified atom stereocenters. The first-order valence-electron chi connectivity index (χ1n) is 8.33. The van der Waals surface area contributed by atoms with Crippen molar-refractivity contribution in [1.29, 1.82) is 0 Å². The highest BCUT2D eigenvalue weighted by molar-refractivity contribution is 5.80. The fraction of sp³-hybridized carbons (Fsp3) is 0.938. The highest BCUT2D eigenvalue weighted by atomic mass is 16.5. The van der Waals surface area contributed by atoms with Crippen LogP contribution in [-0.4, -0.2) is 37.2 Å². The Balaban J connectivity index is 1.75. The Labute approximate surface area is 123 Å². The summed E-state index contributed by atoms with van der Waals surface area (Å²) in [5.74, 6) is 0.597. The van der Waals surface area contributed by atoms with Gasteiger partial charge in [0.1, 0.15) is 6.10 Å². The second kappa shape index (κ2) is 7.99. The predicted molar refractivity (Wildman–Crippen MR) is 80.6 cm³/mol. The lowest BCUT2D eigenvalue weighted by Gasteiger charge is -2.31.